The van der Waals surface area contributed by atoms with Gasteiger partial charge in [-0.25, -0.2) is 0 Å². The fourth-order valence-electron chi connectivity index (χ4n) is 2.82. The van der Waals surface area contributed by atoms with E-state index in [-0.39, 0.29) is 6.54 Å². The quantitative estimate of drug-likeness (QED) is 0.920. The maximum absolute atomic E-state index is 10.8. The third kappa shape index (κ3) is 2.43. The van der Waals surface area contributed by atoms with Crippen molar-refractivity contribution in [3.8, 4) is 0 Å². The van der Waals surface area contributed by atoms with Crippen molar-refractivity contribution in [1.29, 1.82) is 0 Å². The fraction of sp³-hybridized carbons (Fsp3) is 0.400. The molecule has 19 heavy (non-hydrogen) atoms. The smallest absolute Gasteiger partial charge is 0.323 e. The van der Waals surface area contributed by atoms with Crippen LogP contribution in [0.2, 0.25) is 0 Å². The van der Waals surface area contributed by atoms with Gasteiger partial charge in [0, 0.05) is 35.9 Å². The van der Waals surface area contributed by atoms with Crippen LogP contribution < -0.4 is 4.90 Å². The molecule has 2 heterocycles. The van der Waals surface area contributed by atoms with Crippen LogP contribution in [0.15, 0.2) is 30.5 Å². The van der Waals surface area contributed by atoms with Gasteiger partial charge in [0.15, 0.2) is 0 Å². The molecule has 1 N–H and O–H groups in total. The van der Waals surface area contributed by atoms with Crippen molar-refractivity contribution in [1.82, 2.24) is 4.57 Å². The van der Waals surface area contributed by atoms with Crippen LogP contribution in [0.1, 0.15) is 19.3 Å². The average Bonchev–Trinajstić information content (AvgIpc) is 2.81. The van der Waals surface area contributed by atoms with E-state index in [1.807, 2.05) is 18.3 Å². The summed E-state index contributed by atoms with van der Waals surface area (Å²) in [6, 6.07) is 8.29. The lowest BCUT2D eigenvalue weighted by atomic mass is 10.1. The number of rotatable bonds is 3. The molecule has 0 radical (unpaired) electrons. The van der Waals surface area contributed by atoms with Gasteiger partial charge >= 0.3 is 5.97 Å². The lowest BCUT2D eigenvalue weighted by Gasteiger charge is -2.28. The Morgan fingerprint density at radius 2 is 1.95 bits per heavy atom. The highest BCUT2D eigenvalue weighted by molar-refractivity contribution is 5.85. The fourth-order valence-corrected chi connectivity index (χ4v) is 2.82. The van der Waals surface area contributed by atoms with Gasteiger partial charge in [0.25, 0.3) is 0 Å². The van der Waals surface area contributed by atoms with Crippen molar-refractivity contribution < 1.29 is 9.90 Å². The number of hydrogen-bond donors (Lipinski definition) is 1. The summed E-state index contributed by atoms with van der Waals surface area (Å²) < 4.78 is 1.78. The lowest BCUT2D eigenvalue weighted by molar-refractivity contribution is -0.137. The Balaban J connectivity index is 1.91. The largest absolute Gasteiger partial charge is 0.480 e. The molecule has 100 valence electrons. The molecule has 1 aliphatic heterocycles. The van der Waals surface area contributed by atoms with E-state index in [1.54, 1.807) is 4.57 Å². The first-order valence-corrected chi connectivity index (χ1v) is 6.80. The van der Waals surface area contributed by atoms with E-state index >= 15 is 0 Å². The summed E-state index contributed by atoms with van der Waals surface area (Å²) in [6.45, 7) is 2.27. The molecule has 0 amide bonds. The van der Waals surface area contributed by atoms with Gasteiger partial charge in [-0.3, -0.25) is 4.79 Å². The van der Waals surface area contributed by atoms with Crippen molar-refractivity contribution in [2.75, 3.05) is 18.0 Å². The normalized spacial score (nSPS) is 15.9. The van der Waals surface area contributed by atoms with Gasteiger partial charge in [-0.1, -0.05) is 0 Å². The Morgan fingerprint density at radius 3 is 2.68 bits per heavy atom. The Hall–Kier alpha value is -1.97. The van der Waals surface area contributed by atoms with Crippen molar-refractivity contribution in [2.24, 2.45) is 0 Å². The molecule has 1 aromatic heterocycles. The molecule has 2 aromatic rings. The summed E-state index contributed by atoms with van der Waals surface area (Å²) in [5.41, 5.74) is 2.24. The predicted molar refractivity (Wildman–Crippen MR) is 75.6 cm³/mol. The van der Waals surface area contributed by atoms with Gasteiger partial charge in [0.1, 0.15) is 6.54 Å². The van der Waals surface area contributed by atoms with Crippen molar-refractivity contribution in [3.63, 3.8) is 0 Å². The van der Waals surface area contributed by atoms with Crippen LogP contribution in [0.3, 0.4) is 0 Å². The zero-order valence-corrected chi connectivity index (χ0v) is 10.9. The molecule has 4 heteroatoms. The third-order valence-corrected chi connectivity index (χ3v) is 3.78. The predicted octanol–water partition coefficient (Wildman–Crippen LogP) is 2.72. The molecule has 1 fully saturated rings. The van der Waals surface area contributed by atoms with Crippen LogP contribution in [-0.2, 0) is 11.3 Å². The zero-order chi connectivity index (χ0) is 13.2. The number of aliphatic carboxylic acids is 1. The molecule has 1 aromatic carbocycles. The lowest BCUT2D eigenvalue weighted by Crippen LogP contribution is -2.29. The first-order valence-electron chi connectivity index (χ1n) is 6.80. The molecule has 0 spiro atoms. The molecule has 0 aliphatic carbocycles. The van der Waals surface area contributed by atoms with Crippen LogP contribution in [0, 0.1) is 0 Å². The van der Waals surface area contributed by atoms with E-state index in [0.29, 0.717) is 0 Å². The summed E-state index contributed by atoms with van der Waals surface area (Å²) in [5, 5.41) is 9.99. The van der Waals surface area contributed by atoms with E-state index in [1.165, 1.54) is 24.9 Å². The minimum absolute atomic E-state index is 0.0204. The zero-order valence-electron chi connectivity index (χ0n) is 10.9. The van der Waals surface area contributed by atoms with Gasteiger partial charge in [0.2, 0.25) is 0 Å². The minimum Gasteiger partial charge on any atom is -0.480 e. The molecule has 3 rings (SSSR count). The number of fused-ring (bicyclic) bond motifs is 1. The number of carbonyl (C=O) groups is 1. The monoisotopic (exact) mass is 258 g/mol. The van der Waals surface area contributed by atoms with Gasteiger partial charge in [-0.05, 0) is 43.5 Å². The van der Waals surface area contributed by atoms with E-state index in [0.717, 1.165) is 24.0 Å². The van der Waals surface area contributed by atoms with Gasteiger partial charge < -0.3 is 14.6 Å². The van der Waals surface area contributed by atoms with Gasteiger partial charge in [0.05, 0.1) is 0 Å². The summed E-state index contributed by atoms with van der Waals surface area (Å²) in [5.74, 6) is -0.808. The number of carboxylic acid groups (broad SMARTS) is 1. The molecule has 0 unspecified atom stereocenters. The maximum atomic E-state index is 10.8. The van der Waals surface area contributed by atoms with E-state index in [9.17, 15) is 4.79 Å². The molecular formula is C15H18N2O2. The highest BCUT2D eigenvalue weighted by atomic mass is 16.4. The maximum Gasteiger partial charge on any atom is 0.323 e. The summed E-state index contributed by atoms with van der Waals surface area (Å²) >= 11 is 0. The number of carboxylic acids is 1. The number of aromatic nitrogens is 1. The SMILES string of the molecule is O=C(O)Cn1ccc2cc(N3CCCCC3)ccc21. The molecular weight excluding hydrogens is 240 g/mol. The van der Waals surface area contributed by atoms with Crippen molar-refractivity contribution >= 4 is 22.6 Å². The average molecular weight is 258 g/mol. The summed E-state index contributed by atoms with van der Waals surface area (Å²) in [6.07, 6.45) is 5.70. The van der Waals surface area contributed by atoms with Crippen LogP contribution in [0.5, 0.6) is 0 Å². The van der Waals surface area contributed by atoms with Crippen LogP contribution in [0.25, 0.3) is 10.9 Å². The number of piperidine rings is 1. The second-order valence-corrected chi connectivity index (χ2v) is 5.13. The molecule has 0 saturated carbocycles. The van der Waals surface area contributed by atoms with Gasteiger partial charge in [-0.2, -0.15) is 0 Å². The summed E-state index contributed by atoms with van der Waals surface area (Å²) in [4.78, 5) is 13.2. The Kier molecular flexibility index (Phi) is 3.15. The second-order valence-electron chi connectivity index (χ2n) is 5.13. The standard InChI is InChI=1S/C15H18N2O2/c18-15(19)11-17-9-6-12-10-13(4-5-14(12)17)16-7-2-1-3-8-16/h4-6,9-10H,1-3,7-8,11H2,(H,18,19). The van der Waals surface area contributed by atoms with Crippen LogP contribution in [-0.4, -0.2) is 28.7 Å². The van der Waals surface area contributed by atoms with Gasteiger partial charge in [-0.15, -0.1) is 0 Å². The molecule has 0 atom stereocenters. The molecule has 4 nitrogen and oxygen atoms in total. The highest BCUT2D eigenvalue weighted by Gasteiger charge is 2.12. The van der Waals surface area contributed by atoms with E-state index in [4.69, 9.17) is 5.11 Å². The molecule has 0 bridgehead atoms. The molecule has 1 saturated heterocycles. The number of anilines is 1. The molecule has 1 aliphatic rings. The Labute approximate surface area is 112 Å². The number of benzene rings is 1. The van der Waals surface area contributed by atoms with Crippen LogP contribution >= 0.6 is 0 Å². The Bertz CT molecular complexity index is 597. The van der Waals surface area contributed by atoms with Crippen molar-refractivity contribution in [3.05, 3.63) is 30.5 Å². The Morgan fingerprint density at radius 1 is 1.16 bits per heavy atom. The number of nitrogens with zero attached hydrogens (tertiary/aromatic N) is 2. The first kappa shape index (κ1) is 12.1. The summed E-state index contributed by atoms with van der Waals surface area (Å²) in [7, 11) is 0. The topological polar surface area (TPSA) is 45.5 Å². The third-order valence-electron chi connectivity index (χ3n) is 3.78. The minimum atomic E-state index is -0.808. The highest BCUT2D eigenvalue weighted by Crippen LogP contribution is 2.25. The number of hydrogen-bond acceptors (Lipinski definition) is 2. The second kappa shape index (κ2) is 4.96. The van der Waals surface area contributed by atoms with E-state index in [2.05, 4.69) is 17.0 Å². The van der Waals surface area contributed by atoms with E-state index < -0.39 is 5.97 Å². The van der Waals surface area contributed by atoms with Crippen molar-refractivity contribution in [2.45, 2.75) is 25.8 Å². The first-order chi connectivity index (χ1) is 9.24. The van der Waals surface area contributed by atoms with Crippen LogP contribution in [0.4, 0.5) is 5.69 Å².